The van der Waals surface area contributed by atoms with Gasteiger partial charge in [0, 0.05) is 30.9 Å². The molecule has 94 valence electrons. The van der Waals surface area contributed by atoms with E-state index in [1.807, 2.05) is 4.90 Å². The largest absolute Gasteiger partial charge is 0.378 e. The van der Waals surface area contributed by atoms with E-state index < -0.39 is 0 Å². The lowest BCUT2D eigenvalue weighted by Gasteiger charge is -2.15. The highest BCUT2D eigenvalue weighted by molar-refractivity contribution is 9.09. The van der Waals surface area contributed by atoms with Gasteiger partial charge in [-0.3, -0.25) is 4.79 Å². The third kappa shape index (κ3) is 5.25. The molecule has 0 aromatic rings. The van der Waals surface area contributed by atoms with Crippen LogP contribution in [-0.2, 0) is 14.3 Å². The summed E-state index contributed by atoms with van der Waals surface area (Å²) in [5, 5.41) is 0. The molecule has 1 rings (SSSR count). The minimum Gasteiger partial charge on any atom is -0.378 e. The van der Waals surface area contributed by atoms with Crippen molar-refractivity contribution in [3.63, 3.8) is 0 Å². The van der Waals surface area contributed by atoms with Crippen LogP contribution in [0.2, 0.25) is 0 Å². The maximum atomic E-state index is 11.4. The molecule has 0 aromatic heterocycles. The summed E-state index contributed by atoms with van der Waals surface area (Å²) in [6, 6.07) is 0. The predicted molar refractivity (Wildman–Crippen MR) is 64.6 cm³/mol. The van der Waals surface area contributed by atoms with Crippen LogP contribution < -0.4 is 5.73 Å². The number of amides is 1. The molecule has 1 aliphatic heterocycles. The second-order valence-electron chi connectivity index (χ2n) is 3.65. The number of carbonyl (C=O) groups is 1. The monoisotopic (exact) mass is 294 g/mol. The number of rotatable bonds is 8. The molecule has 0 spiro atoms. The standard InChI is InChI=1S/C10H19BrN2O3/c11-9-7-10(14)13(8-9)2-4-16-6-5-15-3-1-12/h9H,1-8,12H2. The molecule has 1 heterocycles. The molecule has 1 amide bonds. The molecule has 1 saturated heterocycles. The lowest BCUT2D eigenvalue weighted by Crippen LogP contribution is -2.29. The number of hydrogen-bond acceptors (Lipinski definition) is 4. The maximum Gasteiger partial charge on any atom is 0.223 e. The van der Waals surface area contributed by atoms with Gasteiger partial charge in [0.15, 0.2) is 0 Å². The van der Waals surface area contributed by atoms with Crippen LogP contribution >= 0.6 is 15.9 Å². The molecular weight excluding hydrogens is 276 g/mol. The van der Waals surface area contributed by atoms with Crippen molar-refractivity contribution in [2.45, 2.75) is 11.2 Å². The first kappa shape index (κ1) is 13.9. The second-order valence-corrected chi connectivity index (χ2v) is 4.95. The number of nitrogens with zero attached hydrogens (tertiary/aromatic N) is 1. The summed E-state index contributed by atoms with van der Waals surface area (Å²) in [4.78, 5) is 13.5. The number of likely N-dealkylation sites (tertiary alicyclic amines) is 1. The predicted octanol–water partition coefficient (Wildman–Crippen LogP) is -0.0259. The van der Waals surface area contributed by atoms with E-state index in [0.29, 0.717) is 50.8 Å². The molecule has 0 aromatic carbocycles. The molecule has 5 nitrogen and oxygen atoms in total. The Labute approximate surface area is 104 Å². The van der Waals surface area contributed by atoms with Crippen LogP contribution in [0.15, 0.2) is 0 Å². The van der Waals surface area contributed by atoms with Gasteiger partial charge in [0.25, 0.3) is 0 Å². The van der Waals surface area contributed by atoms with Gasteiger partial charge in [-0.05, 0) is 0 Å². The third-order valence-corrected chi connectivity index (χ3v) is 2.92. The van der Waals surface area contributed by atoms with E-state index >= 15 is 0 Å². The Morgan fingerprint density at radius 1 is 1.31 bits per heavy atom. The normalized spacial score (nSPS) is 20.8. The Balaban J connectivity index is 1.93. The highest BCUT2D eigenvalue weighted by Gasteiger charge is 2.26. The molecule has 0 aliphatic carbocycles. The molecule has 6 heteroatoms. The van der Waals surface area contributed by atoms with E-state index in [9.17, 15) is 4.79 Å². The average Bonchev–Trinajstić information content (AvgIpc) is 2.56. The minimum atomic E-state index is 0.199. The zero-order valence-corrected chi connectivity index (χ0v) is 10.9. The van der Waals surface area contributed by atoms with Crippen molar-refractivity contribution in [2.75, 3.05) is 46.1 Å². The van der Waals surface area contributed by atoms with Gasteiger partial charge in [-0.25, -0.2) is 0 Å². The van der Waals surface area contributed by atoms with Crippen LogP contribution in [0.4, 0.5) is 0 Å². The van der Waals surface area contributed by atoms with Crippen molar-refractivity contribution in [2.24, 2.45) is 5.73 Å². The summed E-state index contributed by atoms with van der Waals surface area (Å²) in [7, 11) is 0. The number of halogens is 1. The molecule has 0 bridgehead atoms. The Morgan fingerprint density at radius 2 is 2.00 bits per heavy atom. The molecule has 1 fully saturated rings. The van der Waals surface area contributed by atoms with Gasteiger partial charge in [-0.2, -0.15) is 0 Å². The Kier molecular flexibility index (Phi) is 6.95. The highest BCUT2D eigenvalue weighted by atomic mass is 79.9. The van der Waals surface area contributed by atoms with E-state index in [1.165, 1.54) is 0 Å². The van der Waals surface area contributed by atoms with E-state index in [0.717, 1.165) is 6.54 Å². The van der Waals surface area contributed by atoms with Gasteiger partial charge < -0.3 is 20.1 Å². The number of nitrogens with two attached hydrogens (primary N) is 1. The van der Waals surface area contributed by atoms with Crippen molar-refractivity contribution in [1.29, 1.82) is 0 Å². The second kappa shape index (κ2) is 8.00. The van der Waals surface area contributed by atoms with Crippen molar-refractivity contribution >= 4 is 21.8 Å². The topological polar surface area (TPSA) is 64.8 Å². The first-order valence-corrected chi connectivity index (χ1v) is 6.43. The molecular formula is C10H19BrN2O3. The Bertz CT molecular complexity index is 216. The van der Waals surface area contributed by atoms with E-state index in [-0.39, 0.29) is 5.91 Å². The molecule has 16 heavy (non-hydrogen) atoms. The van der Waals surface area contributed by atoms with Gasteiger partial charge >= 0.3 is 0 Å². The minimum absolute atomic E-state index is 0.199. The van der Waals surface area contributed by atoms with Crippen LogP contribution in [-0.4, -0.2) is 61.7 Å². The summed E-state index contributed by atoms with van der Waals surface area (Å²) < 4.78 is 10.5. The summed E-state index contributed by atoms with van der Waals surface area (Å²) >= 11 is 3.44. The van der Waals surface area contributed by atoms with E-state index in [2.05, 4.69) is 15.9 Å². The molecule has 1 aliphatic rings. The summed E-state index contributed by atoms with van der Waals surface area (Å²) in [5.74, 6) is 0.199. The fourth-order valence-electron chi connectivity index (χ4n) is 1.52. The Morgan fingerprint density at radius 3 is 2.56 bits per heavy atom. The van der Waals surface area contributed by atoms with Gasteiger partial charge in [0.1, 0.15) is 0 Å². The zero-order valence-electron chi connectivity index (χ0n) is 9.36. The quantitative estimate of drug-likeness (QED) is 0.505. The lowest BCUT2D eigenvalue weighted by atomic mass is 10.4. The number of carbonyl (C=O) groups excluding carboxylic acids is 1. The zero-order chi connectivity index (χ0) is 11.8. The number of alkyl halides is 1. The van der Waals surface area contributed by atoms with Crippen molar-refractivity contribution in [3.8, 4) is 0 Å². The van der Waals surface area contributed by atoms with Gasteiger partial charge in [-0.15, -0.1) is 0 Å². The van der Waals surface area contributed by atoms with E-state index in [1.54, 1.807) is 0 Å². The molecule has 0 radical (unpaired) electrons. The maximum absolute atomic E-state index is 11.4. The summed E-state index contributed by atoms with van der Waals surface area (Å²) in [5.41, 5.74) is 5.27. The fraction of sp³-hybridized carbons (Fsp3) is 0.900. The molecule has 0 saturated carbocycles. The number of ether oxygens (including phenoxy) is 2. The summed E-state index contributed by atoms with van der Waals surface area (Å²) in [6.45, 7) is 4.24. The van der Waals surface area contributed by atoms with Crippen molar-refractivity contribution in [3.05, 3.63) is 0 Å². The molecule has 1 unspecified atom stereocenters. The van der Waals surface area contributed by atoms with Gasteiger partial charge in [0.05, 0.1) is 26.4 Å². The highest BCUT2D eigenvalue weighted by Crippen LogP contribution is 2.17. The first-order valence-electron chi connectivity index (χ1n) is 5.51. The van der Waals surface area contributed by atoms with E-state index in [4.69, 9.17) is 15.2 Å². The molecule has 2 N–H and O–H groups in total. The number of hydrogen-bond donors (Lipinski definition) is 1. The third-order valence-electron chi connectivity index (χ3n) is 2.31. The lowest BCUT2D eigenvalue weighted by molar-refractivity contribution is -0.128. The van der Waals surface area contributed by atoms with Gasteiger partial charge in [-0.1, -0.05) is 15.9 Å². The van der Waals surface area contributed by atoms with Crippen molar-refractivity contribution in [1.82, 2.24) is 4.90 Å². The summed E-state index contributed by atoms with van der Waals surface area (Å²) in [6.07, 6.45) is 0.597. The smallest absolute Gasteiger partial charge is 0.223 e. The SMILES string of the molecule is NCCOCCOCCN1CC(Br)CC1=O. The van der Waals surface area contributed by atoms with Crippen LogP contribution in [0.25, 0.3) is 0 Å². The molecule has 1 atom stereocenters. The van der Waals surface area contributed by atoms with Crippen LogP contribution in [0.1, 0.15) is 6.42 Å². The van der Waals surface area contributed by atoms with Crippen LogP contribution in [0.3, 0.4) is 0 Å². The van der Waals surface area contributed by atoms with Crippen molar-refractivity contribution < 1.29 is 14.3 Å². The first-order chi connectivity index (χ1) is 7.74. The van der Waals surface area contributed by atoms with Crippen LogP contribution in [0.5, 0.6) is 0 Å². The average molecular weight is 295 g/mol. The Hall–Kier alpha value is -0.170. The van der Waals surface area contributed by atoms with Gasteiger partial charge in [0.2, 0.25) is 5.91 Å². The van der Waals surface area contributed by atoms with Crippen LogP contribution in [0, 0.1) is 0 Å². The fourth-order valence-corrected chi connectivity index (χ4v) is 2.15.